The Balaban J connectivity index is 1.31. The molecule has 56 heavy (non-hydrogen) atoms. The number of rotatable bonds is 14. The number of nitrogens with zero attached hydrogens (tertiary/aromatic N) is 4. The minimum Gasteiger partial charge on any atom is -0.489 e. The first-order valence-electron chi connectivity index (χ1n) is 17.7. The number of aromatic nitrogens is 4. The highest BCUT2D eigenvalue weighted by atomic mass is 16.5. The Kier molecular flexibility index (Phi) is 11.1. The number of carbonyl (C=O) groups is 4. The largest absolute Gasteiger partial charge is 0.489 e. The SMILES string of the molecule is CCN/C(=C\C(C)=N)C(=O)Nc1nc2cc(C(=O)O)cc3c2n1[C@@H](CC#CC[C@H]1COc2cc(C(=O)O)cc4nc(NC(=O)/C(=C/C(C)=N)NCC)n1c24)CO3. The highest BCUT2D eigenvalue weighted by Crippen LogP contribution is 2.40. The molecule has 8 N–H and O–H groups in total. The second-order valence-corrected chi connectivity index (χ2v) is 13.0. The van der Waals surface area contributed by atoms with Crippen molar-refractivity contribution >= 4 is 69.1 Å². The maximum absolute atomic E-state index is 13.4. The van der Waals surface area contributed by atoms with Crippen molar-refractivity contribution in [1.82, 2.24) is 29.7 Å². The molecule has 0 saturated carbocycles. The number of nitrogens with one attached hydrogen (secondary N) is 6. The fourth-order valence-electron chi connectivity index (χ4n) is 6.49. The lowest BCUT2D eigenvalue weighted by Gasteiger charge is -2.27. The fraction of sp³-hybridized carbons (Fsp3) is 0.316. The van der Waals surface area contributed by atoms with Crippen molar-refractivity contribution in [1.29, 1.82) is 10.8 Å². The first-order valence-corrected chi connectivity index (χ1v) is 17.7. The third-order valence-corrected chi connectivity index (χ3v) is 8.78. The van der Waals surface area contributed by atoms with Crippen molar-refractivity contribution in [2.24, 2.45) is 0 Å². The molecule has 0 spiro atoms. The summed E-state index contributed by atoms with van der Waals surface area (Å²) in [5.74, 6) is 3.89. The summed E-state index contributed by atoms with van der Waals surface area (Å²) >= 11 is 0. The first-order chi connectivity index (χ1) is 26.8. The molecule has 0 aliphatic carbocycles. The predicted octanol–water partition coefficient (Wildman–Crippen LogP) is 4.08. The number of aromatic carboxylic acids is 2. The number of anilines is 2. The molecule has 2 amide bonds. The number of carboxylic acids is 2. The summed E-state index contributed by atoms with van der Waals surface area (Å²) in [6, 6.07) is 4.71. The third kappa shape index (κ3) is 7.87. The number of allylic oxidation sites excluding steroid dienone is 2. The average molecular weight is 765 g/mol. The van der Waals surface area contributed by atoms with Gasteiger partial charge in [-0.15, -0.1) is 11.8 Å². The van der Waals surface area contributed by atoms with E-state index in [-0.39, 0.29) is 71.9 Å². The number of benzene rings is 2. The van der Waals surface area contributed by atoms with Crippen LogP contribution in [0.1, 0.15) is 73.3 Å². The van der Waals surface area contributed by atoms with Gasteiger partial charge in [0.1, 0.15) is 47.1 Å². The van der Waals surface area contributed by atoms with Crippen LogP contribution in [0.25, 0.3) is 22.1 Å². The molecule has 6 rings (SSSR count). The number of amides is 2. The molecule has 0 radical (unpaired) electrons. The molecule has 4 heterocycles. The smallest absolute Gasteiger partial charge is 0.335 e. The maximum Gasteiger partial charge on any atom is 0.335 e. The average Bonchev–Trinajstić information content (AvgIpc) is 3.70. The minimum absolute atomic E-state index is 0.0285. The van der Waals surface area contributed by atoms with E-state index in [4.69, 9.17) is 20.3 Å². The van der Waals surface area contributed by atoms with Crippen LogP contribution < -0.4 is 30.7 Å². The van der Waals surface area contributed by atoms with Gasteiger partial charge < -0.3 is 41.1 Å². The zero-order valence-corrected chi connectivity index (χ0v) is 31.0. The molecule has 18 nitrogen and oxygen atoms in total. The van der Waals surface area contributed by atoms with Gasteiger partial charge in [-0.1, -0.05) is 0 Å². The van der Waals surface area contributed by atoms with Crippen LogP contribution in [-0.2, 0) is 9.59 Å². The van der Waals surface area contributed by atoms with Gasteiger partial charge in [-0.3, -0.25) is 29.4 Å². The van der Waals surface area contributed by atoms with Gasteiger partial charge in [-0.2, -0.15) is 0 Å². The monoisotopic (exact) mass is 764 g/mol. The van der Waals surface area contributed by atoms with Crippen LogP contribution >= 0.6 is 0 Å². The summed E-state index contributed by atoms with van der Waals surface area (Å²) in [4.78, 5) is 59.6. The second kappa shape index (κ2) is 16.1. The summed E-state index contributed by atoms with van der Waals surface area (Å²) in [5.41, 5.74) is 2.17. The topological polar surface area (TPSA) is 259 Å². The van der Waals surface area contributed by atoms with Gasteiger partial charge in [0.15, 0.2) is 0 Å². The molecule has 2 aromatic carbocycles. The van der Waals surface area contributed by atoms with Gasteiger partial charge in [0.25, 0.3) is 11.8 Å². The number of carbonyl (C=O) groups excluding carboxylic acids is 2. The van der Waals surface area contributed by atoms with Crippen LogP contribution in [-0.4, -0.2) is 90.8 Å². The number of hydrogen-bond donors (Lipinski definition) is 8. The van der Waals surface area contributed by atoms with Crippen LogP contribution in [0.5, 0.6) is 11.5 Å². The van der Waals surface area contributed by atoms with Crippen molar-refractivity contribution in [3.05, 3.63) is 58.9 Å². The molecule has 4 aromatic rings. The van der Waals surface area contributed by atoms with Gasteiger partial charge in [0, 0.05) is 37.4 Å². The van der Waals surface area contributed by atoms with Crippen LogP contribution in [0.4, 0.5) is 11.9 Å². The van der Waals surface area contributed by atoms with Gasteiger partial charge in [-0.25, -0.2) is 19.6 Å². The Morgan fingerprint density at radius 2 is 1.14 bits per heavy atom. The summed E-state index contributed by atoms with van der Waals surface area (Å²) in [7, 11) is 0. The first kappa shape index (κ1) is 38.6. The van der Waals surface area contributed by atoms with Crippen LogP contribution in [0.3, 0.4) is 0 Å². The second-order valence-electron chi connectivity index (χ2n) is 13.0. The number of ether oxygens (including phenoxy) is 2. The van der Waals surface area contributed by atoms with E-state index in [9.17, 15) is 29.4 Å². The molecule has 0 unspecified atom stereocenters. The zero-order chi connectivity index (χ0) is 40.3. The maximum atomic E-state index is 13.4. The van der Waals surface area contributed by atoms with E-state index in [1.807, 2.05) is 13.8 Å². The lowest BCUT2D eigenvalue weighted by atomic mass is 10.1. The number of hydrogen-bond acceptors (Lipinski definition) is 12. The van der Waals surface area contributed by atoms with Gasteiger partial charge >= 0.3 is 11.9 Å². The van der Waals surface area contributed by atoms with Gasteiger partial charge in [0.05, 0.1) is 34.2 Å². The fourth-order valence-corrected chi connectivity index (χ4v) is 6.49. The molecular formula is C38H40N10O8. The van der Waals surface area contributed by atoms with E-state index in [2.05, 4.69) is 43.1 Å². The van der Waals surface area contributed by atoms with Gasteiger partial charge in [-0.05, 0) is 64.1 Å². The molecule has 290 valence electrons. The predicted molar refractivity (Wildman–Crippen MR) is 207 cm³/mol. The quantitative estimate of drug-likeness (QED) is 0.0514. The van der Waals surface area contributed by atoms with Crippen LogP contribution in [0.15, 0.2) is 47.8 Å². The van der Waals surface area contributed by atoms with Crippen molar-refractivity contribution in [2.45, 2.75) is 52.6 Å². The highest BCUT2D eigenvalue weighted by molar-refractivity contribution is 6.09. The molecule has 2 aliphatic heterocycles. The molecule has 0 saturated heterocycles. The standard InChI is InChI=1S/C38H40N10O8/c1-5-41-27(11-19(3)39)33(49)45-37-43-25-13-21(35(51)52)15-29-31(25)47(37)23(17-55-29)9-7-8-10-24-18-56-30-16-22(36(53)54)14-26-32(30)48(24)38(44-26)46-34(50)28(42-6-2)12-20(4)40/h11-16,23-24,39-42H,5-6,9-10,17-18H2,1-4H3,(H,51,52)(H,53,54)(H,43,45,49)(H,44,46,50)/b27-11-,28-12-,39-19?,40-20?/t23-,24-/m0/s1. The Hall–Kier alpha value is -7.16. The van der Waals surface area contributed by atoms with Crippen molar-refractivity contribution in [3.8, 4) is 23.3 Å². The zero-order valence-electron chi connectivity index (χ0n) is 31.0. The molecule has 2 atom stereocenters. The number of imidazole rings is 2. The van der Waals surface area contributed by atoms with Crippen molar-refractivity contribution in [3.63, 3.8) is 0 Å². The normalized spacial score (nSPS) is 15.9. The lowest BCUT2D eigenvalue weighted by Crippen LogP contribution is -2.29. The molecular weight excluding hydrogens is 724 g/mol. The summed E-state index contributed by atoms with van der Waals surface area (Å²) < 4.78 is 15.6. The van der Waals surface area contributed by atoms with Gasteiger partial charge in [0.2, 0.25) is 11.9 Å². The van der Waals surface area contributed by atoms with E-state index >= 15 is 0 Å². The Morgan fingerprint density at radius 3 is 1.48 bits per heavy atom. The highest BCUT2D eigenvalue weighted by Gasteiger charge is 2.31. The number of likely N-dealkylation sites (N-methyl/N-ethyl adjacent to an activating group) is 2. The van der Waals surface area contributed by atoms with Crippen LogP contribution in [0.2, 0.25) is 0 Å². The lowest BCUT2D eigenvalue weighted by molar-refractivity contribution is -0.114. The molecule has 2 aliphatic rings. The Morgan fingerprint density at radius 1 is 0.750 bits per heavy atom. The third-order valence-electron chi connectivity index (χ3n) is 8.78. The van der Waals surface area contributed by atoms with Crippen LogP contribution in [0, 0.1) is 22.7 Å². The molecule has 0 bridgehead atoms. The summed E-state index contributed by atoms with van der Waals surface area (Å²) in [6.07, 6.45) is 3.27. The van der Waals surface area contributed by atoms with E-state index in [0.29, 0.717) is 46.7 Å². The van der Waals surface area contributed by atoms with E-state index in [1.165, 1.54) is 36.4 Å². The minimum atomic E-state index is -1.16. The summed E-state index contributed by atoms with van der Waals surface area (Å²) in [5, 5.41) is 46.6. The molecule has 0 fully saturated rings. The molecule has 18 heteroatoms. The Bertz CT molecular complexity index is 2280. The Labute approximate surface area is 320 Å². The molecule has 2 aromatic heterocycles. The van der Waals surface area contributed by atoms with E-state index in [1.54, 1.807) is 23.0 Å². The van der Waals surface area contributed by atoms with Crippen molar-refractivity contribution < 1.29 is 38.9 Å². The number of carboxylic acid groups (broad SMARTS) is 2. The summed E-state index contributed by atoms with van der Waals surface area (Å²) in [6.45, 7) is 7.77. The van der Waals surface area contributed by atoms with Crippen molar-refractivity contribution in [2.75, 3.05) is 36.9 Å². The van der Waals surface area contributed by atoms with E-state index < -0.39 is 35.8 Å². The van der Waals surface area contributed by atoms with E-state index in [0.717, 1.165) is 0 Å².